The van der Waals surface area contributed by atoms with Crippen LogP contribution in [0.1, 0.15) is 11.1 Å². The second-order valence-corrected chi connectivity index (χ2v) is 4.94. The topological polar surface area (TPSA) is 32.8 Å². The quantitative estimate of drug-likeness (QED) is 0.455. The molecule has 0 saturated carbocycles. The normalized spacial score (nSPS) is 11.1. The first-order chi connectivity index (χ1) is 9.66. The summed E-state index contributed by atoms with van der Waals surface area (Å²) in [6.45, 7) is 4.18. The smallest absolute Gasteiger partial charge is 0.173 e. The van der Waals surface area contributed by atoms with Crippen molar-refractivity contribution in [3.63, 3.8) is 0 Å². The molecule has 0 spiro atoms. The van der Waals surface area contributed by atoms with E-state index in [1.165, 1.54) is 11.1 Å². The fraction of sp³-hybridized carbons (Fsp3) is 0.111. The van der Waals surface area contributed by atoms with Gasteiger partial charge in [-0.05, 0) is 42.5 Å². The van der Waals surface area contributed by atoms with E-state index >= 15 is 0 Å². The monoisotopic (exact) mass is 264 g/mol. The standard InChI is InChI=1S/C10H8O.C8H8O/c11-10-7-3-5-8-4-1-2-6-9(8)10;1-5-3-4-7-8(9-7)6(5)2/h1-7,11H;3-4H,1-2H3. The molecular formula is C18H16O2. The highest BCUT2D eigenvalue weighted by Crippen LogP contribution is 2.48. The van der Waals surface area contributed by atoms with Gasteiger partial charge in [0.1, 0.15) is 5.75 Å². The third-order valence-corrected chi connectivity index (χ3v) is 3.58. The van der Waals surface area contributed by atoms with E-state index in [0.717, 1.165) is 22.3 Å². The van der Waals surface area contributed by atoms with E-state index in [1.54, 1.807) is 6.07 Å². The number of aryl methyl sites for hydroxylation is 1. The summed E-state index contributed by atoms with van der Waals surface area (Å²) in [5.74, 6) is 2.50. The summed E-state index contributed by atoms with van der Waals surface area (Å²) in [4.78, 5) is 0. The average Bonchev–Trinajstić information content (AvgIpc) is 3.25. The molecule has 3 aromatic carbocycles. The summed E-state index contributed by atoms with van der Waals surface area (Å²) in [5, 5.41) is 11.4. The lowest BCUT2D eigenvalue weighted by Crippen LogP contribution is -1.71. The molecule has 0 bridgehead atoms. The molecule has 100 valence electrons. The zero-order chi connectivity index (χ0) is 14.1. The van der Waals surface area contributed by atoms with Gasteiger partial charge >= 0.3 is 0 Å². The Morgan fingerprint density at radius 1 is 0.850 bits per heavy atom. The van der Waals surface area contributed by atoms with E-state index in [2.05, 4.69) is 19.9 Å². The van der Waals surface area contributed by atoms with E-state index in [-0.39, 0.29) is 0 Å². The molecule has 0 saturated heterocycles. The first-order valence-electron chi connectivity index (χ1n) is 6.61. The predicted molar refractivity (Wildman–Crippen MR) is 81.6 cm³/mol. The van der Waals surface area contributed by atoms with Gasteiger partial charge in [0.05, 0.1) is 0 Å². The molecule has 0 amide bonds. The summed E-state index contributed by atoms with van der Waals surface area (Å²) in [6, 6.07) is 17.4. The minimum absolute atomic E-state index is 0.350. The van der Waals surface area contributed by atoms with E-state index < -0.39 is 0 Å². The van der Waals surface area contributed by atoms with Gasteiger partial charge in [0.2, 0.25) is 0 Å². The molecule has 0 atom stereocenters. The van der Waals surface area contributed by atoms with E-state index in [4.69, 9.17) is 4.74 Å². The lowest BCUT2D eigenvalue weighted by Gasteiger charge is -1.97. The van der Waals surface area contributed by atoms with Gasteiger partial charge in [0, 0.05) is 5.39 Å². The van der Waals surface area contributed by atoms with Gasteiger partial charge in [-0.15, -0.1) is 0 Å². The molecule has 3 aromatic rings. The van der Waals surface area contributed by atoms with Gasteiger partial charge in [-0.1, -0.05) is 42.5 Å². The summed E-state index contributed by atoms with van der Waals surface area (Å²) in [6.07, 6.45) is 0. The van der Waals surface area contributed by atoms with Crippen molar-refractivity contribution in [1.29, 1.82) is 0 Å². The first-order valence-corrected chi connectivity index (χ1v) is 6.61. The maximum absolute atomic E-state index is 9.37. The third-order valence-electron chi connectivity index (χ3n) is 3.58. The number of aromatic hydroxyl groups is 1. The minimum Gasteiger partial charge on any atom is -0.507 e. The van der Waals surface area contributed by atoms with Gasteiger partial charge in [-0.25, -0.2) is 0 Å². The fourth-order valence-electron chi connectivity index (χ4n) is 2.17. The summed E-state index contributed by atoms with van der Waals surface area (Å²) >= 11 is 0. The van der Waals surface area contributed by atoms with Gasteiger partial charge in [0.25, 0.3) is 0 Å². The second-order valence-electron chi connectivity index (χ2n) is 4.94. The zero-order valence-corrected chi connectivity index (χ0v) is 11.6. The van der Waals surface area contributed by atoms with Crippen molar-refractivity contribution in [3.8, 4) is 17.2 Å². The maximum atomic E-state index is 9.37. The Labute approximate surface area is 118 Å². The Balaban J connectivity index is 0.000000123. The molecule has 2 nitrogen and oxygen atoms in total. The number of hydrogen-bond acceptors (Lipinski definition) is 2. The Morgan fingerprint density at radius 3 is 2.35 bits per heavy atom. The lowest BCUT2D eigenvalue weighted by atomic mass is 10.1. The average molecular weight is 264 g/mol. The third kappa shape index (κ3) is 2.32. The molecular weight excluding hydrogens is 248 g/mol. The van der Waals surface area contributed by atoms with Crippen molar-refractivity contribution in [1.82, 2.24) is 0 Å². The molecule has 0 fully saturated rings. The summed E-state index contributed by atoms with van der Waals surface area (Å²) in [5.41, 5.74) is 2.60. The highest BCUT2D eigenvalue weighted by Gasteiger charge is 2.22. The van der Waals surface area contributed by atoms with Crippen molar-refractivity contribution < 1.29 is 9.84 Å². The molecule has 4 rings (SSSR count). The Bertz CT molecular complexity index is 766. The number of benzene rings is 3. The van der Waals surface area contributed by atoms with Crippen LogP contribution < -0.4 is 4.74 Å². The number of phenols is 1. The molecule has 0 radical (unpaired) electrons. The molecule has 1 aliphatic rings. The molecule has 2 heteroatoms. The van der Waals surface area contributed by atoms with Crippen LogP contribution in [0.4, 0.5) is 0 Å². The first kappa shape index (κ1) is 12.5. The van der Waals surface area contributed by atoms with E-state index in [1.807, 2.05) is 42.5 Å². The molecule has 20 heavy (non-hydrogen) atoms. The molecule has 0 unspecified atom stereocenters. The van der Waals surface area contributed by atoms with Crippen LogP contribution in [-0.4, -0.2) is 5.11 Å². The largest absolute Gasteiger partial charge is 0.507 e. The van der Waals surface area contributed by atoms with E-state index in [9.17, 15) is 5.11 Å². The molecule has 0 aliphatic carbocycles. The minimum atomic E-state index is 0.350. The van der Waals surface area contributed by atoms with Crippen LogP contribution in [0, 0.1) is 13.8 Å². The highest BCUT2D eigenvalue weighted by atomic mass is 16.6. The van der Waals surface area contributed by atoms with Crippen molar-refractivity contribution in [2.75, 3.05) is 0 Å². The highest BCUT2D eigenvalue weighted by molar-refractivity contribution is 5.87. The van der Waals surface area contributed by atoms with Crippen LogP contribution in [0.5, 0.6) is 17.2 Å². The lowest BCUT2D eigenvalue weighted by molar-refractivity contribution is 0.481. The van der Waals surface area contributed by atoms with E-state index in [0.29, 0.717) is 5.75 Å². The molecule has 1 aliphatic heterocycles. The van der Waals surface area contributed by atoms with Gasteiger partial charge in [0.15, 0.2) is 11.5 Å². The zero-order valence-electron chi connectivity index (χ0n) is 11.6. The Hall–Kier alpha value is -2.48. The van der Waals surface area contributed by atoms with Gasteiger partial charge in [-0.2, -0.15) is 0 Å². The number of rotatable bonds is 0. The number of ether oxygens (including phenoxy) is 1. The van der Waals surface area contributed by atoms with Crippen molar-refractivity contribution in [3.05, 3.63) is 65.7 Å². The van der Waals surface area contributed by atoms with Crippen molar-refractivity contribution in [2.45, 2.75) is 13.8 Å². The van der Waals surface area contributed by atoms with Crippen LogP contribution in [0.2, 0.25) is 0 Å². The van der Waals surface area contributed by atoms with Crippen molar-refractivity contribution >= 4 is 10.8 Å². The SMILES string of the molecule is Cc1ccc2c(c1C)O2.Oc1cccc2ccccc12. The summed E-state index contributed by atoms with van der Waals surface area (Å²) < 4.78 is 5.15. The van der Waals surface area contributed by atoms with Crippen LogP contribution >= 0.6 is 0 Å². The number of fused-ring (bicyclic) bond motifs is 2. The van der Waals surface area contributed by atoms with Gasteiger partial charge < -0.3 is 9.84 Å². The number of phenolic OH excluding ortho intramolecular Hbond substituents is 1. The molecule has 0 aromatic heterocycles. The molecule has 1 heterocycles. The summed E-state index contributed by atoms with van der Waals surface area (Å²) in [7, 11) is 0. The fourth-order valence-corrected chi connectivity index (χ4v) is 2.17. The van der Waals surface area contributed by atoms with Crippen LogP contribution in [0.3, 0.4) is 0 Å². The van der Waals surface area contributed by atoms with Gasteiger partial charge in [-0.3, -0.25) is 0 Å². The Morgan fingerprint density at radius 2 is 1.60 bits per heavy atom. The second kappa shape index (κ2) is 4.89. The van der Waals surface area contributed by atoms with Crippen LogP contribution in [-0.2, 0) is 0 Å². The predicted octanol–water partition coefficient (Wildman–Crippen LogP) is 4.95. The van der Waals surface area contributed by atoms with Crippen LogP contribution in [0.15, 0.2) is 54.6 Å². The van der Waals surface area contributed by atoms with Crippen molar-refractivity contribution in [2.24, 2.45) is 0 Å². The maximum Gasteiger partial charge on any atom is 0.173 e. The molecule has 1 N–H and O–H groups in total. The Kier molecular flexibility index (Phi) is 3.07. The van der Waals surface area contributed by atoms with Crippen LogP contribution in [0.25, 0.3) is 10.8 Å². The number of hydrogen-bond donors (Lipinski definition) is 1.